The van der Waals surface area contributed by atoms with Crippen LogP contribution in [-0.4, -0.2) is 29.4 Å². The SMILES string of the molecule is CCCCN(C)C(=O)C1(C(N)=S)CC1. The molecule has 3 nitrogen and oxygen atoms in total. The fourth-order valence-electron chi connectivity index (χ4n) is 1.55. The number of hydrogen-bond donors (Lipinski definition) is 1. The van der Waals surface area contributed by atoms with Gasteiger partial charge in [0, 0.05) is 13.6 Å². The summed E-state index contributed by atoms with van der Waals surface area (Å²) in [5.41, 5.74) is 5.11. The predicted molar refractivity (Wildman–Crippen MR) is 61.0 cm³/mol. The summed E-state index contributed by atoms with van der Waals surface area (Å²) in [6.07, 6.45) is 3.79. The standard InChI is InChI=1S/C10H18N2OS/c1-3-4-7-12(2)9(13)10(5-6-10)8(11)14/h3-7H2,1-2H3,(H2,11,14). The monoisotopic (exact) mass is 214 g/mol. The lowest BCUT2D eigenvalue weighted by atomic mass is 10.1. The van der Waals surface area contributed by atoms with Gasteiger partial charge in [0.25, 0.3) is 0 Å². The van der Waals surface area contributed by atoms with Crippen molar-refractivity contribution in [1.29, 1.82) is 0 Å². The summed E-state index contributed by atoms with van der Waals surface area (Å²) in [6.45, 7) is 2.92. The Labute approximate surface area is 90.6 Å². The van der Waals surface area contributed by atoms with Gasteiger partial charge in [-0.2, -0.15) is 0 Å². The van der Waals surface area contributed by atoms with E-state index in [4.69, 9.17) is 18.0 Å². The van der Waals surface area contributed by atoms with Crippen molar-refractivity contribution in [3.05, 3.63) is 0 Å². The minimum absolute atomic E-state index is 0.110. The van der Waals surface area contributed by atoms with Gasteiger partial charge in [-0.15, -0.1) is 0 Å². The Hall–Kier alpha value is -0.640. The van der Waals surface area contributed by atoms with Gasteiger partial charge >= 0.3 is 0 Å². The molecule has 0 atom stereocenters. The molecule has 1 amide bonds. The molecule has 0 heterocycles. The molecule has 1 aliphatic carbocycles. The topological polar surface area (TPSA) is 46.3 Å². The van der Waals surface area contributed by atoms with Crippen LogP contribution in [0.4, 0.5) is 0 Å². The Morgan fingerprint density at radius 3 is 2.50 bits per heavy atom. The van der Waals surface area contributed by atoms with E-state index in [0.29, 0.717) is 4.99 Å². The second kappa shape index (κ2) is 4.26. The summed E-state index contributed by atoms with van der Waals surface area (Å²) in [7, 11) is 1.83. The zero-order valence-electron chi connectivity index (χ0n) is 8.88. The second-order valence-corrected chi connectivity index (χ2v) is 4.47. The van der Waals surface area contributed by atoms with Gasteiger partial charge in [0.15, 0.2) is 0 Å². The van der Waals surface area contributed by atoms with E-state index in [2.05, 4.69) is 6.92 Å². The lowest BCUT2D eigenvalue weighted by Gasteiger charge is -2.22. The van der Waals surface area contributed by atoms with Gasteiger partial charge in [-0.3, -0.25) is 4.79 Å². The van der Waals surface area contributed by atoms with Crippen LogP contribution in [0.3, 0.4) is 0 Å². The van der Waals surface area contributed by atoms with Gasteiger partial charge in [-0.05, 0) is 19.3 Å². The third kappa shape index (κ3) is 2.05. The molecule has 0 unspecified atom stereocenters. The first-order valence-corrected chi connectivity index (χ1v) is 5.51. The molecule has 0 aliphatic heterocycles. The van der Waals surface area contributed by atoms with Crippen molar-refractivity contribution in [2.75, 3.05) is 13.6 Å². The van der Waals surface area contributed by atoms with Gasteiger partial charge in [0.2, 0.25) is 5.91 Å². The number of nitrogens with two attached hydrogens (primary N) is 1. The molecule has 0 bridgehead atoms. The van der Waals surface area contributed by atoms with E-state index >= 15 is 0 Å². The van der Waals surface area contributed by atoms with Crippen molar-refractivity contribution in [2.24, 2.45) is 11.1 Å². The minimum atomic E-state index is -0.474. The summed E-state index contributed by atoms with van der Waals surface area (Å²) in [6, 6.07) is 0. The molecule has 0 aromatic rings. The van der Waals surface area contributed by atoms with Crippen LogP contribution in [0.5, 0.6) is 0 Å². The highest BCUT2D eigenvalue weighted by Crippen LogP contribution is 2.47. The molecule has 14 heavy (non-hydrogen) atoms. The highest BCUT2D eigenvalue weighted by atomic mass is 32.1. The number of nitrogens with zero attached hydrogens (tertiary/aromatic N) is 1. The minimum Gasteiger partial charge on any atom is -0.392 e. The molecule has 0 aromatic heterocycles. The van der Waals surface area contributed by atoms with Crippen molar-refractivity contribution in [2.45, 2.75) is 32.6 Å². The van der Waals surface area contributed by atoms with E-state index in [1.807, 2.05) is 7.05 Å². The third-order valence-electron chi connectivity index (χ3n) is 2.82. The highest BCUT2D eigenvalue weighted by Gasteiger charge is 2.53. The maximum absolute atomic E-state index is 11.9. The quantitative estimate of drug-likeness (QED) is 0.702. The first-order valence-electron chi connectivity index (χ1n) is 5.10. The molecular formula is C10H18N2OS. The summed E-state index contributed by atoms with van der Waals surface area (Å²) in [4.78, 5) is 14.1. The number of thiocarbonyl (C=S) groups is 1. The average molecular weight is 214 g/mol. The Bertz CT molecular complexity index is 249. The number of carbonyl (C=O) groups excluding carboxylic acids is 1. The van der Waals surface area contributed by atoms with Crippen molar-refractivity contribution in [1.82, 2.24) is 4.90 Å². The smallest absolute Gasteiger partial charge is 0.235 e. The number of amides is 1. The van der Waals surface area contributed by atoms with Crippen molar-refractivity contribution < 1.29 is 4.79 Å². The first kappa shape index (κ1) is 11.4. The molecule has 4 heteroatoms. The van der Waals surface area contributed by atoms with Gasteiger partial charge in [0.1, 0.15) is 0 Å². The lowest BCUT2D eigenvalue weighted by Crippen LogP contribution is -2.41. The second-order valence-electron chi connectivity index (χ2n) is 4.03. The zero-order chi connectivity index (χ0) is 10.8. The van der Waals surface area contributed by atoms with Crippen LogP contribution in [0, 0.1) is 5.41 Å². The summed E-state index contributed by atoms with van der Waals surface area (Å²) < 4.78 is 0. The highest BCUT2D eigenvalue weighted by molar-refractivity contribution is 7.80. The summed E-state index contributed by atoms with van der Waals surface area (Å²) in [5.74, 6) is 0.110. The van der Waals surface area contributed by atoms with E-state index in [1.165, 1.54) is 0 Å². The molecule has 1 aliphatic rings. The van der Waals surface area contributed by atoms with Gasteiger partial charge in [-0.25, -0.2) is 0 Å². The number of unbranched alkanes of at least 4 members (excludes halogenated alkanes) is 1. The molecule has 2 N–H and O–H groups in total. The molecule has 0 radical (unpaired) electrons. The van der Waals surface area contributed by atoms with Crippen LogP contribution in [0.25, 0.3) is 0 Å². The number of hydrogen-bond acceptors (Lipinski definition) is 2. The van der Waals surface area contributed by atoms with Crippen molar-refractivity contribution in [3.63, 3.8) is 0 Å². The van der Waals surface area contributed by atoms with Gasteiger partial charge < -0.3 is 10.6 Å². The van der Waals surface area contributed by atoms with E-state index in [9.17, 15) is 4.79 Å². The van der Waals surface area contributed by atoms with Crippen LogP contribution in [0.2, 0.25) is 0 Å². The summed E-state index contributed by atoms with van der Waals surface area (Å²) >= 11 is 4.93. The molecule has 0 saturated heterocycles. The van der Waals surface area contributed by atoms with Gasteiger partial charge in [-0.1, -0.05) is 25.6 Å². The normalized spacial score (nSPS) is 17.6. The number of rotatable bonds is 5. The Balaban J connectivity index is 2.52. The number of carbonyl (C=O) groups is 1. The maximum atomic E-state index is 11.9. The van der Waals surface area contributed by atoms with Crippen LogP contribution in [0.15, 0.2) is 0 Å². The molecule has 80 valence electrons. The molecule has 1 rings (SSSR count). The average Bonchev–Trinajstić information content (AvgIpc) is 2.93. The van der Waals surface area contributed by atoms with Crippen LogP contribution in [-0.2, 0) is 4.79 Å². The van der Waals surface area contributed by atoms with E-state index < -0.39 is 5.41 Å². The van der Waals surface area contributed by atoms with Crippen LogP contribution >= 0.6 is 12.2 Å². The fraction of sp³-hybridized carbons (Fsp3) is 0.800. The maximum Gasteiger partial charge on any atom is 0.235 e. The zero-order valence-corrected chi connectivity index (χ0v) is 9.69. The predicted octanol–water partition coefficient (Wildman–Crippen LogP) is 1.31. The molecule has 0 aromatic carbocycles. The first-order chi connectivity index (χ1) is 6.54. The van der Waals surface area contributed by atoms with E-state index in [0.717, 1.165) is 32.2 Å². The molecular weight excluding hydrogens is 196 g/mol. The van der Waals surface area contributed by atoms with E-state index in [1.54, 1.807) is 4.90 Å². The largest absolute Gasteiger partial charge is 0.392 e. The Morgan fingerprint density at radius 1 is 1.57 bits per heavy atom. The molecule has 0 spiro atoms. The Kier molecular flexibility index (Phi) is 3.48. The fourth-order valence-corrected chi connectivity index (χ4v) is 1.84. The van der Waals surface area contributed by atoms with Crippen molar-refractivity contribution >= 4 is 23.1 Å². The lowest BCUT2D eigenvalue weighted by molar-refractivity contribution is -0.133. The van der Waals surface area contributed by atoms with Crippen LogP contribution in [0.1, 0.15) is 32.6 Å². The Morgan fingerprint density at radius 2 is 2.14 bits per heavy atom. The van der Waals surface area contributed by atoms with E-state index in [-0.39, 0.29) is 5.91 Å². The molecule has 1 fully saturated rings. The third-order valence-corrected chi connectivity index (χ3v) is 3.22. The van der Waals surface area contributed by atoms with Gasteiger partial charge in [0.05, 0.1) is 10.4 Å². The summed E-state index contributed by atoms with van der Waals surface area (Å²) in [5, 5.41) is 0. The van der Waals surface area contributed by atoms with Crippen LogP contribution < -0.4 is 5.73 Å². The molecule has 1 saturated carbocycles. The van der Waals surface area contributed by atoms with Crippen molar-refractivity contribution in [3.8, 4) is 0 Å².